The smallest absolute Gasteiger partial charge is 0.339 e. The molecule has 2 aromatic rings. The molecule has 26 heavy (non-hydrogen) atoms. The van der Waals surface area contributed by atoms with Crippen LogP contribution in [0.4, 0.5) is 0 Å². The summed E-state index contributed by atoms with van der Waals surface area (Å²) in [6.07, 6.45) is 1.32. The molecule has 0 saturated carbocycles. The van der Waals surface area contributed by atoms with Gasteiger partial charge in [0, 0.05) is 38.2 Å². The van der Waals surface area contributed by atoms with Crippen molar-refractivity contribution in [2.75, 3.05) is 19.8 Å². The summed E-state index contributed by atoms with van der Waals surface area (Å²) < 4.78 is 42.5. The molecule has 1 aliphatic heterocycles. The molecule has 2 aromatic carbocycles. The van der Waals surface area contributed by atoms with Crippen LogP contribution in [0.2, 0.25) is 0 Å². The summed E-state index contributed by atoms with van der Waals surface area (Å²) >= 11 is 0. The molecule has 1 aliphatic rings. The molecule has 0 amide bonds. The average Bonchev–Trinajstić information content (AvgIpc) is 2.63. The van der Waals surface area contributed by atoms with Crippen molar-refractivity contribution in [2.24, 2.45) is 0 Å². The molecule has 1 saturated heterocycles. The Hall–Kier alpha value is -1.89. The van der Waals surface area contributed by atoms with Crippen LogP contribution in [0.1, 0.15) is 30.9 Å². The van der Waals surface area contributed by atoms with Crippen molar-refractivity contribution in [1.29, 1.82) is 0 Å². The predicted molar refractivity (Wildman–Crippen MR) is 98.8 cm³/mol. The first kappa shape index (κ1) is 18.9. The molecule has 0 aromatic heterocycles. The van der Waals surface area contributed by atoms with Crippen LogP contribution in [0.15, 0.2) is 53.4 Å². The van der Waals surface area contributed by atoms with Gasteiger partial charge in [0.2, 0.25) is 0 Å². The first-order valence-electron chi connectivity index (χ1n) is 8.79. The summed E-state index contributed by atoms with van der Waals surface area (Å²) in [6, 6.07) is 13.8. The van der Waals surface area contributed by atoms with Gasteiger partial charge in [0.15, 0.2) is 0 Å². The van der Waals surface area contributed by atoms with Gasteiger partial charge in [-0.1, -0.05) is 35.9 Å². The second kappa shape index (κ2) is 7.78. The standard InChI is InChI=1S/C20H24O5S/c1-3-24-20(12-14-23-15-13-20)18-6-4-5-7-19(18)25-26(21,22)17-10-8-16(2)9-11-17/h4-11H,3,12-15H2,1-2H3. The minimum Gasteiger partial charge on any atom is -0.381 e. The van der Waals surface area contributed by atoms with E-state index in [0.717, 1.165) is 11.1 Å². The van der Waals surface area contributed by atoms with Crippen molar-refractivity contribution < 1.29 is 22.1 Å². The van der Waals surface area contributed by atoms with Crippen LogP contribution in [0.3, 0.4) is 0 Å². The van der Waals surface area contributed by atoms with Gasteiger partial charge in [-0.05, 0) is 32.0 Å². The number of benzene rings is 2. The molecule has 0 aliphatic carbocycles. The Balaban J connectivity index is 1.97. The van der Waals surface area contributed by atoms with Gasteiger partial charge in [-0.3, -0.25) is 0 Å². The second-order valence-corrected chi connectivity index (χ2v) is 7.93. The normalized spacial score (nSPS) is 17.0. The summed E-state index contributed by atoms with van der Waals surface area (Å²) in [5, 5.41) is 0. The highest BCUT2D eigenvalue weighted by Gasteiger charge is 2.38. The molecule has 3 rings (SSSR count). The van der Waals surface area contributed by atoms with Crippen molar-refractivity contribution in [3.05, 3.63) is 59.7 Å². The Morgan fingerprint density at radius 2 is 1.69 bits per heavy atom. The van der Waals surface area contributed by atoms with E-state index < -0.39 is 15.7 Å². The van der Waals surface area contributed by atoms with E-state index in [4.69, 9.17) is 13.7 Å². The molecular weight excluding hydrogens is 352 g/mol. The van der Waals surface area contributed by atoms with Crippen LogP contribution in [0, 0.1) is 6.92 Å². The van der Waals surface area contributed by atoms with Crippen LogP contribution in [0.25, 0.3) is 0 Å². The maximum absolute atomic E-state index is 12.7. The maximum atomic E-state index is 12.7. The summed E-state index contributed by atoms with van der Waals surface area (Å²) in [7, 11) is -3.92. The van der Waals surface area contributed by atoms with Gasteiger partial charge in [0.05, 0.1) is 0 Å². The third-order valence-corrected chi connectivity index (χ3v) is 5.86. The van der Waals surface area contributed by atoms with Crippen LogP contribution in [-0.2, 0) is 25.2 Å². The number of rotatable bonds is 6. The second-order valence-electron chi connectivity index (χ2n) is 6.39. The highest BCUT2D eigenvalue weighted by Crippen LogP contribution is 2.41. The topological polar surface area (TPSA) is 61.8 Å². The Kier molecular flexibility index (Phi) is 5.65. The van der Waals surface area contributed by atoms with E-state index in [1.807, 2.05) is 26.0 Å². The zero-order valence-corrected chi connectivity index (χ0v) is 15.9. The highest BCUT2D eigenvalue weighted by molar-refractivity contribution is 7.87. The fourth-order valence-corrected chi connectivity index (χ4v) is 4.20. The fraction of sp³-hybridized carbons (Fsp3) is 0.400. The fourth-order valence-electron chi connectivity index (χ4n) is 3.26. The lowest BCUT2D eigenvalue weighted by Crippen LogP contribution is -2.37. The first-order chi connectivity index (χ1) is 12.5. The van der Waals surface area contributed by atoms with Crippen LogP contribution in [0.5, 0.6) is 5.75 Å². The molecule has 0 unspecified atom stereocenters. The van der Waals surface area contributed by atoms with Gasteiger partial charge in [-0.25, -0.2) is 0 Å². The average molecular weight is 376 g/mol. The molecule has 1 fully saturated rings. The summed E-state index contributed by atoms with van der Waals surface area (Å²) in [4.78, 5) is 0.135. The van der Waals surface area contributed by atoms with Gasteiger partial charge < -0.3 is 13.7 Å². The lowest BCUT2D eigenvalue weighted by atomic mass is 9.85. The molecular formula is C20H24O5S. The molecule has 0 bridgehead atoms. The zero-order valence-electron chi connectivity index (χ0n) is 15.1. The lowest BCUT2D eigenvalue weighted by molar-refractivity contribution is -0.113. The first-order valence-corrected chi connectivity index (χ1v) is 10.2. The van der Waals surface area contributed by atoms with Crippen molar-refractivity contribution in [3.8, 4) is 5.75 Å². The molecule has 1 heterocycles. The predicted octanol–water partition coefficient (Wildman–Crippen LogP) is 3.80. The van der Waals surface area contributed by atoms with E-state index >= 15 is 0 Å². The SMILES string of the molecule is CCOC1(c2ccccc2OS(=O)(=O)c2ccc(C)cc2)CCOCC1. The lowest BCUT2D eigenvalue weighted by Gasteiger charge is -2.38. The molecule has 0 spiro atoms. The van der Waals surface area contributed by atoms with Crippen LogP contribution < -0.4 is 4.18 Å². The number of para-hydroxylation sites is 1. The van der Waals surface area contributed by atoms with Crippen molar-refractivity contribution in [2.45, 2.75) is 37.2 Å². The Morgan fingerprint density at radius 3 is 2.35 bits per heavy atom. The van der Waals surface area contributed by atoms with E-state index in [1.165, 1.54) is 0 Å². The Bertz CT molecular complexity index is 831. The van der Waals surface area contributed by atoms with Crippen LogP contribution in [-0.4, -0.2) is 28.2 Å². The minimum atomic E-state index is -3.92. The molecule has 6 heteroatoms. The third kappa shape index (κ3) is 3.92. The third-order valence-electron chi connectivity index (χ3n) is 4.61. The summed E-state index contributed by atoms with van der Waals surface area (Å²) in [5.41, 5.74) is 1.15. The molecule has 0 radical (unpaired) electrons. The quantitative estimate of drug-likeness (QED) is 0.718. The molecule has 140 valence electrons. The monoisotopic (exact) mass is 376 g/mol. The zero-order chi connectivity index (χ0) is 18.6. The van der Waals surface area contributed by atoms with E-state index in [1.54, 1.807) is 36.4 Å². The highest BCUT2D eigenvalue weighted by atomic mass is 32.2. The summed E-state index contributed by atoms with van der Waals surface area (Å²) in [5.74, 6) is 0.309. The van der Waals surface area contributed by atoms with Gasteiger partial charge in [-0.2, -0.15) is 8.42 Å². The largest absolute Gasteiger partial charge is 0.381 e. The molecule has 5 nitrogen and oxygen atoms in total. The van der Waals surface area contributed by atoms with E-state index in [9.17, 15) is 8.42 Å². The van der Waals surface area contributed by atoms with E-state index in [0.29, 0.717) is 38.4 Å². The van der Waals surface area contributed by atoms with Gasteiger partial charge in [-0.15, -0.1) is 0 Å². The van der Waals surface area contributed by atoms with Crippen molar-refractivity contribution in [3.63, 3.8) is 0 Å². The number of ether oxygens (including phenoxy) is 2. The molecule has 0 N–H and O–H groups in total. The Morgan fingerprint density at radius 1 is 1.04 bits per heavy atom. The van der Waals surface area contributed by atoms with Crippen molar-refractivity contribution >= 4 is 10.1 Å². The Labute approximate surface area is 155 Å². The maximum Gasteiger partial charge on any atom is 0.339 e. The van der Waals surface area contributed by atoms with Crippen LogP contribution >= 0.6 is 0 Å². The van der Waals surface area contributed by atoms with Crippen molar-refractivity contribution in [1.82, 2.24) is 0 Å². The number of aryl methyl sites for hydroxylation is 1. The number of hydrogen-bond donors (Lipinski definition) is 0. The van der Waals surface area contributed by atoms with Gasteiger partial charge in [0.1, 0.15) is 16.2 Å². The van der Waals surface area contributed by atoms with Gasteiger partial charge in [0.25, 0.3) is 0 Å². The van der Waals surface area contributed by atoms with E-state index in [-0.39, 0.29) is 4.90 Å². The number of hydrogen-bond acceptors (Lipinski definition) is 5. The molecule has 0 atom stereocenters. The summed E-state index contributed by atoms with van der Waals surface area (Å²) in [6.45, 7) is 5.50. The van der Waals surface area contributed by atoms with Gasteiger partial charge >= 0.3 is 10.1 Å². The minimum absolute atomic E-state index is 0.135. The van der Waals surface area contributed by atoms with E-state index in [2.05, 4.69) is 0 Å².